The molecule has 0 aliphatic carbocycles. The zero-order chi connectivity index (χ0) is 10.6. The minimum absolute atomic E-state index is 0.167. The van der Waals surface area contributed by atoms with Gasteiger partial charge in [0.05, 0.1) is 13.5 Å². The molecule has 0 bridgehead atoms. The number of carbonyl (C=O) groups excluding carboxylic acids is 1. The van der Waals surface area contributed by atoms with Gasteiger partial charge in [-0.15, -0.1) is 0 Å². The third-order valence-corrected chi connectivity index (χ3v) is 1.95. The first-order valence-electron chi connectivity index (χ1n) is 4.31. The van der Waals surface area contributed by atoms with Gasteiger partial charge in [0.25, 0.3) is 0 Å². The zero-order valence-corrected chi connectivity index (χ0v) is 8.07. The van der Waals surface area contributed by atoms with E-state index in [-0.39, 0.29) is 18.4 Å². The van der Waals surface area contributed by atoms with Crippen LogP contribution in [0.15, 0.2) is 24.3 Å². The van der Waals surface area contributed by atoms with Crippen LogP contribution in [0.3, 0.4) is 0 Å². The summed E-state index contributed by atoms with van der Waals surface area (Å²) in [5, 5.41) is 0. The molecule has 0 radical (unpaired) electrons. The van der Waals surface area contributed by atoms with Crippen molar-refractivity contribution in [3.8, 4) is 0 Å². The predicted octanol–water partition coefficient (Wildman–Crippen LogP) is 0.832. The first-order chi connectivity index (χ1) is 6.63. The van der Waals surface area contributed by atoms with Crippen LogP contribution in [0.25, 0.3) is 0 Å². The van der Waals surface area contributed by atoms with Crippen molar-refractivity contribution in [1.29, 1.82) is 0 Å². The summed E-state index contributed by atoms with van der Waals surface area (Å²) in [4.78, 5) is 10.9. The summed E-state index contributed by atoms with van der Waals surface area (Å²) < 4.78 is 4.52. The molecule has 1 unspecified atom stereocenters. The second-order valence-electron chi connectivity index (χ2n) is 3.06. The molecule has 14 heavy (non-hydrogen) atoms. The average Bonchev–Trinajstić information content (AvgIpc) is 2.17. The molecule has 0 aliphatic rings. The second kappa shape index (κ2) is 4.62. The maximum absolute atomic E-state index is 10.9. The van der Waals surface area contributed by atoms with Gasteiger partial charge in [-0.1, -0.05) is 12.1 Å². The summed E-state index contributed by atoms with van der Waals surface area (Å²) in [6, 6.07) is 6.82. The first-order valence-corrected chi connectivity index (χ1v) is 4.31. The highest BCUT2D eigenvalue weighted by molar-refractivity contribution is 5.70. The topological polar surface area (TPSA) is 78.3 Å². The highest BCUT2D eigenvalue weighted by Gasteiger charge is 2.11. The Bertz CT molecular complexity index is 326. The normalized spacial score (nSPS) is 12.1. The second-order valence-corrected chi connectivity index (χ2v) is 3.06. The Balaban J connectivity index is 2.69. The Labute approximate surface area is 82.8 Å². The molecule has 4 N–H and O–H groups in total. The van der Waals surface area contributed by atoms with Crippen molar-refractivity contribution in [3.63, 3.8) is 0 Å². The van der Waals surface area contributed by atoms with Crippen LogP contribution in [-0.4, -0.2) is 13.1 Å². The SMILES string of the molecule is COC(=O)CC(N)c1cccc(N)c1. The maximum atomic E-state index is 10.9. The van der Waals surface area contributed by atoms with Crippen LogP contribution in [-0.2, 0) is 9.53 Å². The third kappa shape index (κ3) is 2.74. The van der Waals surface area contributed by atoms with E-state index in [9.17, 15) is 4.79 Å². The molecule has 1 rings (SSSR count). The van der Waals surface area contributed by atoms with Crippen molar-refractivity contribution >= 4 is 11.7 Å². The van der Waals surface area contributed by atoms with Crippen LogP contribution in [0.5, 0.6) is 0 Å². The molecule has 1 aromatic rings. The quantitative estimate of drug-likeness (QED) is 0.552. The number of nitrogens with two attached hydrogens (primary N) is 2. The van der Waals surface area contributed by atoms with Crippen LogP contribution in [0.1, 0.15) is 18.0 Å². The average molecular weight is 194 g/mol. The van der Waals surface area contributed by atoms with Crippen LogP contribution in [0.4, 0.5) is 5.69 Å². The lowest BCUT2D eigenvalue weighted by Crippen LogP contribution is -2.16. The van der Waals surface area contributed by atoms with E-state index in [0.717, 1.165) is 5.56 Å². The Morgan fingerprint density at radius 2 is 2.29 bits per heavy atom. The summed E-state index contributed by atoms with van der Waals surface area (Å²) in [6.07, 6.45) is 0.167. The lowest BCUT2D eigenvalue weighted by Gasteiger charge is -2.10. The van der Waals surface area contributed by atoms with Crippen molar-refractivity contribution in [3.05, 3.63) is 29.8 Å². The van der Waals surface area contributed by atoms with Gasteiger partial charge < -0.3 is 16.2 Å². The Morgan fingerprint density at radius 1 is 1.57 bits per heavy atom. The van der Waals surface area contributed by atoms with Crippen molar-refractivity contribution in [1.82, 2.24) is 0 Å². The number of rotatable bonds is 3. The lowest BCUT2D eigenvalue weighted by molar-refractivity contribution is -0.141. The van der Waals surface area contributed by atoms with E-state index < -0.39 is 0 Å². The van der Waals surface area contributed by atoms with Gasteiger partial charge in [-0.05, 0) is 17.7 Å². The van der Waals surface area contributed by atoms with Crippen molar-refractivity contribution in [2.45, 2.75) is 12.5 Å². The van der Waals surface area contributed by atoms with E-state index in [4.69, 9.17) is 11.5 Å². The number of ether oxygens (including phenoxy) is 1. The Hall–Kier alpha value is -1.55. The van der Waals surface area contributed by atoms with Crippen LogP contribution >= 0.6 is 0 Å². The Morgan fingerprint density at radius 3 is 2.86 bits per heavy atom. The molecule has 1 atom stereocenters. The van der Waals surface area contributed by atoms with E-state index in [1.54, 1.807) is 12.1 Å². The number of anilines is 1. The number of esters is 1. The zero-order valence-electron chi connectivity index (χ0n) is 8.07. The number of hydrogen-bond acceptors (Lipinski definition) is 4. The van der Waals surface area contributed by atoms with Crippen molar-refractivity contribution in [2.75, 3.05) is 12.8 Å². The molecule has 1 aromatic carbocycles. The lowest BCUT2D eigenvalue weighted by atomic mass is 10.0. The molecule has 0 fully saturated rings. The molecular weight excluding hydrogens is 180 g/mol. The number of benzene rings is 1. The van der Waals surface area contributed by atoms with Gasteiger partial charge in [0, 0.05) is 11.7 Å². The fourth-order valence-corrected chi connectivity index (χ4v) is 1.17. The molecule has 0 aliphatic heterocycles. The van der Waals surface area contributed by atoms with Crippen LogP contribution < -0.4 is 11.5 Å². The number of methoxy groups -OCH3 is 1. The minimum atomic E-state index is -0.356. The largest absolute Gasteiger partial charge is 0.469 e. The first kappa shape index (κ1) is 10.5. The fraction of sp³-hybridized carbons (Fsp3) is 0.300. The Kier molecular flexibility index (Phi) is 3.48. The molecule has 0 aromatic heterocycles. The smallest absolute Gasteiger partial charge is 0.307 e. The molecule has 0 saturated heterocycles. The minimum Gasteiger partial charge on any atom is -0.469 e. The van der Waals surface area contributed by atoms with E-state index in [0.29, 0.717) is 5.69 Å². The van der Waals surface area contributed by atoms with Crippen LogP contribution in [0.2, 0.25) is 0 Å². The van der Waals surface area contributed by atoms with Gasteiger partial charge in [0.15, 0.2) is 0 Å². The standard InChI is InChI=1S/C10H14N2O2/c1-14-10(13)6-9(12)7-3-2-4-8(11)5-7/h2-5,9H,6,11-12H2,1H3. The molecule has 0 heterocycles. The summed E-state index contributed by atoms with van der Waals surface area (Å²) in [5.74, 6) is -0.320. The highest BCUT2D eigenvalue weighted by atomic mass is 16.5. The summed E-state index contributed by atoms with van der Waals surface area (Å²) in [5.41, 5.74) is 12.9. The third-order valence-electron chi connectivity index (χ3n) is 1.95. The number of nitrogen functional groups attached to an aromatic ring is 1. The van der Waals surface area contributed by atoms with E-state index in [1.165, 1.54) is 7.11 Å². The van der Waals surface area contributed by atoms with Crippen molar-refractivity contribution in [2.24, 2.45) is 5.73 Å². The summed E-state index contributed by atoms with van der Waals surface area (Å²) in [7, 11) is 1.34. The molecule has 0 amide bonds. The predicted molar refractivity (Wildman–Crippen MR) is 54.4 cm³/mol. The van der Waals surface area contributed by atoms with Crippen molar-refractivity contribution < 1.29 is 9.53 Å². The monoisotopic (exact) mass is 194 g/mol. The molecule has 76 valence electrons. The molecule has 0 saturated carbocycles. The van der Waals surface area contributed by atoms with E-state index in [1.807, 2.05) is 12.1 Å². The molecule has 4 heteroatoms. The van der Waals surface area contributed by atoms with Crippen LogP contribution in [0, 0.1) is 0 Å². The fourth-order valence-electron chi connectivity index (χ4n) is 1.17. The van der Waals surface area contributed by atoms with Gasteiger partial charge in [-0.25, -0.2) is 0 Å². The summed E-state index contributed by atoms with van der Waals surface area (Å²) in [6.45, 7) is 0. The van der Waals surface area contributed by atoms with E-state index >= 15 is 0 Å². The van der Waals surface area contributed by atoms with Gasteiger partial charge >= 0.3 is 5.97 Å². The van der Waals surface area contributed by atoms with Gasteiger partial charge in [-0.2, -0.15) is 0 Å². The van der Waals surface area contributed by atoms with Gasteiger partial charge in [-0.3, -0.25) is 4.79 Å². The highest BCUT2D eigenvalue weighted by Crippen LogP contribution is 2.16. The van der Waals surface area contributed by atoms with Gasteiger partial charge in [0.2, 0.25) is 0 Å². The maximum Gasteiger partial charge on any atom is 0.307 e. The summed E-state index contributed by atoms with van der Waals surface area (Å²) >= 11 is 0. The molecule has 0 spiro atoms. The van der Waals surface area contributed by atoms with E-state index in [2.05, 4.69) is 4.74 Å². The number of hydrogen-bond donors (Lipinski definition) is 2. The molecular formula is C10H14N2O2. The number of carbonyl (C=O) groups is 1. The van der Waals surface area contributed by atoms with Gasteiger partial charge in [0.1, 0.15) is 0 Å². The molecule has 4 nitrogen and oxygen atoms in total.